The van der Waals surface area contributed by atoms with E-state index in [9.17, 15) is 4.79 Å². The monoisotopic (exact) mass is 279 g/mol. The summed E-state index contributed by atoms with van der Waals surface area (Å²) in [6.07, 6.45) is 1.93. The first-order valence-electron chi connectivity index (χ1n) is 7.49. The van der Waals surface area contributed by atoms with Gasteiger partial charge in [-0.3, -0.25) is 4.79 Å². The number of hydrogen-bond donors (Lipinski definition) is 0. The van der Waals surface area contributed by atoms with Crippen molar-refractivity contribution in [3.63, 3.8) is 0 Å². The van der Waals surface area contributed by atoms with Gasteiger partial charge in [-0.05, 0) is 36.5 Å². The zero-order valence-electron chi connectivity index (χ0n) is 12.7. The highest BCUT2D eigenvalue weighted by atomic mass is 16.2. The number of benzene rings is 2. The molecule has 0 aliphatic heterocycles. The van der Waals surface area contributed by atoms with Crippen molar-refractivity contribution in [2.24, 2.45) is 0 Å². The topological polar surface area (TPSA) is 20.3 Å². The van der Waals surface area contributed by atoms with Crippen LogP contribution >= 0.6 is 0 Å². The number of hydrogen-bond acceptors (Lipinski definition) is 1. The summed E-state index contributed by atoms with van der Waals surface area (Å²) >= 11 is 0. The molecule has 0 bridgehead atoms. The number of carbonyl (C=O) groups excluding carboxylic acids is 1. The van der Waals surface area contributed by atoms with E-state index in [-0.39, 0.29) is 11.3 Å². The average molecular weight is 279 g/mol. The Kier molecular flexibility index (Phi) is 3.54. The van der Waals surface area contributed by atoms with Crippen LogP contribution in [0.4, 0.5) is 0 Å². The van der Waals surface area contributed by atoms with E-state index in [4.69, 9.17) is 0 Å². The predicted octanol–water partition coefficient (Wildman–Crippen LogP) is 3.69. The molecule has 1 aliphatic rings. The van der Waals surface area contributed by atoms with Gasteiger partial charge in [0.05, 0.1) is 5.41 Å². The van der Waals surface area contributed by atoms with E-state index in [2.05, 4.69) is 31.2 Å². The van der Waals surface area contributed by atoms with Gasteiger partial charge >= 0.3 is 0 Å². The standard InChI is InChI=1S/C19H21NO/c1-15-8-6-7-9-16(15)14-20(2)18(21)19(12-13-19)17-10-4-3-5-11-17/h3-11H,12-14H2,1-2H3. The highest BCUT2D eigenvalue weighted by Gasteiger charge is 2.52. The van der Waals surface area contributed by atoms with Crippen molar-refractivity contribution in [2.45, 2.75) is 31.7 Å². The molecule has 1 aliphatic carbocycles. The van der Waals surface area contributed by atoms with Gasteiger partial charge in [-0.25, -0.2) is 0 Å². The molecule has 1 saturated carbocycles. The molecule has 2 aromatic carbocycles. The number of amides is 1. The molecule has 21 heavy (non-hydrogen) atoms. The van der Waals surface area contributed by atoms with Crippen LogP contribution in [-0.2, 0) is 16.8 Å². The largest absolute Gasteiger partial charge is 0.341 e. The summed E-state index contributed by atoms with van der Waals surface area (Å²) in [5.41, 5.74) is 3.35. The van der Waals surface area contributed by atoms with Crippen molar-refractivity contribution in [2.75, 3.05) is 7.05 Å². The van der Waals surface area contributed by atoms with Crippen LogP contribution in [0.25, 0.3) is 0 Å². The van der Waals surface area contributed by atoms with Crippen LogP contribution in [0.3, 0.4) is 0 Å². The van der Waals surface area contributed by atoms with Crippen molar-refractivity contribution < 1.29 is 4.79 Å². The van der Waals surface area contributed by atoms with Gasteiger partial charge < -0.3 is 4.90 Å². The molecule has 2 nitrogen and oxygen atoms in total. The second-order valence-electron chi connectivity index (χ2n) is 6.04. The first kappa shape index (κ1) is 13.9. The van der Waals surface area contributed by atoms with Gasteiger partial charge in [0, 0.05) is 13.6 Å². The van der Waals surface area contributed by atoms with E-state index in [1.807, 2.05) is 42.3 Å². The maximum absolute atomic E-state index is 12.9. The Morgan fingerprint density at radius 1 is 1.05 bits per heavy atom. The summed E-state index contributed by atoms with van der Waals surface area (Å²) in [5, 5.41) is 0. The Morgan fingerprint density at radius 2 is 1.67 bits per heavy atom. The molecular formula is C19H21NO. The van der Waals surface area contributed by atoms with Gasteiger partial charge in [0.2, 0.25) is 5.91 Å². The van der Waals surface area contributed by atoms with Crippen LogP contribution in [0, 0.1) is 6.92 Å². The van der Waals surface area contributed by atoms with Gasteiger partial charge in [0.15, 0.2) is 0 Å². The molecular weight excluding hydrogens is 258 g/mol. The van der Waals surface area contributed by atoms with Crippen molar-refractivity contribution in [1.82, 2.24) is 4.90 Å². The summed E-state index contributed by atoms with van der Waals surface area (Å²) < 4.78 is 0. The molecule has 1 fully saturated rings. The summed E-state index contributed by atoms with van der Waals surface area (Å²) in [6, 6.07) is 18.4. The van der Waals surface area contributed by atoms with Crippen LogP contribution in [0.1, 0.15) is 29.5 Å². The highest BCUT2D eigenvalue weighted by Crippen LogP contribution is 2.49. The average Bonchev–Trinajstić information content (AvgIpc) is 3.31. The van der Waals surface area contributed by atoms with Gasteiger partial charge in [-0.15, -0.1) is 0 Å². The maximum atomic E-state index is 12.9. The highest BCUT2D eigenvalue weighted by molar-refractivity contribution is 5.91. The van der Waals surface area contributed by atoms with Gasteiger partial charge in [-0.1, -0.05) is 54.6 Å². The molecule has 0 unspecified atom stereocenters. The SMILES string of the molecule is Cc1ccccc1CN(C)C(=O)C1(c2ccccc2)CC1. The van der Waals surface area contributed by atoms with E-state index < -0.39 is 0 Å². The fourth-order valence-corrected chi connectivity index (χ4v) is 2.99. The normalized spacial score (nSPS) is 15.5. The van der Waals surface area contributed by atoms with Gasteiger partial charge in [0.1, 0.15) is 0 Å². The van der Waals surface area contributed by atoms with Crippen LogP contribution in [0.15, 0.2) is 54.6 Å². The van der Waals surface area contributed by atoms with E-state index in [0.717, 1.165) is 18.4 Å². The molecule has 0 radical (unpaired) electrons. The van der Waals surface area contributed by atoms with Crippen molar-refractivity contribution >= 4 is 5.91 Å². The van der Waals surface area contributed by atoms with Crippen LogP contribution in [-0.4, -0.2) is 17.9 Å². The molecule has 0 heterocycles. The maximum Gasteiger partial charge on any atom is 0.233 e. The minimum atomic E-state index is -0.265. The molecule has 0 spiro atoms. The Morgan fingerprint density at radius 3 is 2.29 bits per heavy atom. The Bertz CT molecular complexity index is 644. The smallest absolute Gasteiger partial charge is 0.233 e. The lowest BCUT2D eigenvalue weighted by atomic mass is 9.94. The predicted molar refractivity (Wildman–Crippen MR) is 85.0 cm³/mol. The lowest BCUT2D eigenvalue weighted by Crippen LogP contribution is -2.36. The summed E-state index contributed by atoms with van der Waals surface area (Å²) in [5.74, 6) is 0.247. The van der Waals surface area contributed by atoms with Crippen molar-refractivity contribution in [3.8, 4) is 0 Å². The second-order valence-corrected chi connectivity index (χ2v) is 6.04. The minimum absolute atomic E-state index is 0.247. The molecule has 0 saturated heterocycles. The fraction of sp³-hybridized carbons (Fsp3) is 0.316. The quantitative estimate of drug-likeness (QED) is 0.836. The minimum Gasteiger partial charge on any atom is -0.341 e. The second kappa shape index (κ2) is 5.36. The number of carbonyl (C=O) groups is 1. The van der Waals surface area contributed by atoms with E-state index in [0.29, 0.717) is 6.54 Å². The molecule has 2 aromatic rings. The van der Waals surface area contributed by atoms with Crippen LogP contribution < -0.4 is 0 Å². The summed E-state index contributed by atoms with van der Waals surface area (Å²) in [6.45, 7) is 2.78. The third kappa shape index (κ3) is 2.58. The Hall–Kier alpha value is -2.09. The molecule has 2 heteroatoms. The molecule has 0 atom stereocenters. The van der Waals surface area contributed by atoms with Gasteiger partial charge in [0.25, 0.3) is 0 Å². The third-order valence-corrected chi connectivity index (χ3v) is 4.50. The first-order chi connectivity index (χ1) is 10.1. The summed E-state index contributed by atoms with van der Waals surface area (Å²) in [4.78, 5) is 14.7. The first-order valence-corrected chi connectivity index (χ1v) is 7.49. The Balaban J connectivity index is 1.78. The van der Waals surface area contributed by atoms with E-state index >= 15 is 0 Å². The van der Waals surface area contributed by atoms with Gasteiger partial charge in [-0.2, -0.15) is 0 Å². The van der Waals surface area contributed by atoms with E-state index in [1.54, 1.807) is 0 Å². The van der Waals surface area contributed by atoms with Crippen LogP contribution in [0.2, 0.25) is 0 Å². The third-order valence-electron chi connectivity index (χ3n) is 4.50. The van der Waals surface area contributed by atoms with Crippen molar-refractivity contribution in [3.05, 3.63) is 71.3 Å². The molecule has 1 amide bonds. The molecule has 0 N–H and O–H groups in total. The lowest BCUT2D eigenvalue weighted by molar-refractivity contribution is -0.133. The molecule has 3 rings (SSSR count). The van der Waals surface area contributed by atoms with Crippen LogP contribution in [0.5, 0.6) is 0 Å². The van der Waals surface area contributed by atoms with Crippen molar-refractivity contribution in [1.29, 1.82) is 0 Å². The number of aryl methyl sites for hydroxylation is 1. The molecule has 0 aromatic heterocycles. The fourth-order valence-electron chi connectivity index (χ4n) is 2.99. The Labute approximate surface area is 126 Å². The number of nitrogens with zero attached hydrogens (tertiary/aromatic N) is 1. The van der Waals surface area contributed by atoms with E-state index in [1.165, 1.54) is 11.1 Å². The lowest BCUT2D eigenvalue weighted by Gasteiger charge is -2.24. The zero-order valence-corrected chi connectivity index (χ0v) is 12.7. The number of likely N-dealkylation sites (N-methyl/N-ethyl adjacent to an activating group) is 1. The molecule has 108 valence electrons. The summed E-state index contributed by atoms with van der Waals surface area (Å²) in [7, 11) is 1.91. The number of rotatable bonds is 4. The zero-order chi connectivity index (χ0) is 14.9.